The highest BCUT2D eigenvalue weighted by molar-refractivity contribution is 7.89. The summed E-state index contributed by atoms with van der Waals surface area (Å²) < 4.78 is 69.3. The third-order valence-electron chi connectivity index (χ3n) is 3.98. The lowest BCUT2D eigenvalue weighted by Crippen LogP contribution is -2.41. The van der Waals surface area contributed by atoms with E-state index in [1.54, 1.807) is 0 Å². The van der Waals surface area contributed by atoms with Gasteiger partial charge >= 0.3 is 6.18 Å². The fraction of sp³-hybridized carbons (Fsp3) is 0.600. The number of rotatable bonds is 7. The minimum Gasteiger partial charge on any atom is -0.489 e. The second kappa shape index (κ2) is 7.71. The van der Waals surface area contributed by atoms with Crippen LogP contribution in [0.15, 0.2) is 24.3 Å². The van der Waals surface area contributed by atoms with Crippen molar-refractivity contribution in [1.29, 1.82) is 0 Å². The molecule has 1 heterocycles. The zero-order chi connectivity index (χ0) is 17.8. The normalized spacial score (nSPS) is 20.1. The van der Waals surface area contributed by atoms with Gasteiger partial charge in [0.1, 0.15) is 11.9 Å². The summed E-state index contributed by atoms with van der Waals surface area (Å²) in [5, 5.41) is 3.17. The molecule has 9 heteroatoms. The van der Waals surface area contributed by atoms with Crippen LogP contribution in [0.5, 0.6) is 5.75 Å². The molecule has 1 aliphatic heterocycles. The monoisotopic (exact) mass is 366 g/mol. The van der Waals surface area contributed by atoms with Gasteiger partial charge in [-0.15, -0.1) is 0 Å². The Morgan fingerprint density at radius 2 is 2.00 bits per heavy atom. The highest BCUT2D eigenvalue weighted by Gasteiger charge is 2.31. The molecule has 136 valence electrons. The molecule has 1 saturated heterocycles. The molecule has 0 aliphatic carbocycles. The van der Waals surface area contributed by atoms with Crippen molar-refractivity contribution >= 4 is 10.0 Å². The van der Waals surface area contributed by atoms with Crippen molar-refractivity contribution in [2.24, 2.45) is 5.92 Å². The minimum absolute atomic E-state index is 0.0388. The third-order valence-corrected chi connectivity index (χ3v) is 5.34. The zero-order valence-electron chi connectivity index (χ0n) is 13.3. The van der Waals surface area contributed by atoms with Crippen molar-refractivity contribution in [1.82, 2.24) is 10.0 Å². The maximum absolute atomic E-state index is 12.6. The molecule has 0 aromatic heterocycles. The van der Waals surface area contributed by atoms with Gasteiger partial charge in [0.15, 0.2) is 0 Å². The number of benzene rings is 1. The SMILES string of the molecule is CCS(=O)(=O)NC[C@@H](Oc1ccc(C(F)(F)F)cc1)[C@H]1CCNC1. The summed E-state index contributed by atoms with van der Waals surface area (Å²) in [7, 11) is -3.36. The Morgan fingerprint density at radius 1 is 1.33 bits per heavy atom. The second-order valence-electron chi connectivity index (χ2n) is 5.68. The lowest BCUT2D eigenvalue weighted by Gasteiger charge is -2.25. The zero-order valence-corrected chi connectivity index (χ0v) is 14.1. The molecule has 2 atom stereocenters. The van der Waals surface area contributed by atoms with E-state index in [4.69, 9.17) is 4.74 Å². The molecular formula is C15H21F3N2O3S. The van der Waals surface area contributed by atoms with Crippen molar-refractivity contribution in [3.8, 4) is 5.75 Å². The van der Waals surface area contributed by atoms with Gasteiger partial charge in [-0.25, -0.2) is 13.1 Å². The van der Waals surface area contributed by atoms with E-state index in [1.165, 1.54) is 19.1 Å². The quantitative estimate of drug-likeness (QED) is 0.775. The van der Waals surface area contributed by atoms with Gasteiger partial charge in [0.25, 0.3) is 0 Å². The molecule has 0 radical (unpaired) electrons. The molecule has 1 aromatic rings. The van der Waals surface area contributed by atoms with Crippen LogP contribution in [-0.2, 0) is 16.2 Å². The van der Waals surface area contributed by atoms with Gasteiger partial charge in [0, 0.05) is 19.0 Å². The number of sulfonamides is 1. The van der Waals surface area contributed by atoms with Gasteiger partial charge in [-0.1, -0.05) is 0 Å². The van der Waals surface area contributed by atoms with Crippen LogP contribution in [0.1, 0.15) is 18.9 Å². The van der Waals surface area contributed by atoms with Gasteiger partial charge in [0.05, 0.1) is 11.3 Å². The first-order chi connectivity index (χ1) is 11.2. The molecule has 0 amide bonds. The van der Waals surface area contributed by atoms with Crippen molar-refractivity contribution in [3.63, 3.8) is 0 Å². The van der Waals surface area contributed by atoms with E-state index in [0.29, 0.717) is 6.54 Å². The molecule has 0 unspecified atom stereocenters. The first-order valence-corrected chi connectivity index (χ1v) is 9.38. The maximum Gasteiger partial charge on any atom is 0.416 e. The lowest BCUT2D eigenvalue weighted by atomic mass is 10.0. The molecule has 2 N–H and O–H groups in total. The predicted molar refractivity (Wildman–Crippen MR) is 84.3 cm³/mol. The Labute approximate surface area is 139 Å². The van der Waals surface area contributed by atoms with Crippen LogP contribution in [0.2, 0.25) is 0 Å². The Kier molecular flexibility index (Phi) is 6.11. The standard InChI is InChI=1S/C15H21F3N2O3S/c1-2-24(21,22)20-10-14(11-7-8-19-9-11)23-13-5-3-12(4-6-13)15(16,17)18/h3-6,11,14,19-20H,2,7-10H2,1H3/t11-,14+/m0/s1. The minimum atomic E-state index is -4.40. The maximum atomic E-state index is 12.6. The predicted octanol–water partition coefficient (Wildman–Crippen LogP) is 2.00. The first-order valence-electron chi connectivity index (χ1n) is 7.73. The first kappa shape index (κ1) is 19.0. The van der Waals surface area contributed by atoms with Crippen molar-refractivity contribution < 1.29 is 26.3 Å². The molecule has 0 bridgehead atoms. The van der Waals surface area contributed by atoms with Gasteiger partial charge < -0.3 is 10.1 Å². The number of alkyl halides is 3. The highest BCUT2D eigenvalue weighted by Crippen LogP contribution is 2.30. The Hall–Kier alpha value is -1.32. The number of ether oxygens (including phenoxy) is 1. The summed E-state index contributed by atoms with van der Waals surface area (Å²) in [6, 6.07) is 4.42. The topological polar surface area (TPSA) is 67.4 Å². The number of halogens is 3. The Bertz CT molecular complexity index is 626. The average molecular weight is 366 g/mol. The number of nitrogens with one attached hydrogen (secondary N) is 2. The fourth-order valence-electron chi connectivity index (χ4n) is 2.51. The summed E-state index contributed by atoms with van der Waals surface area (Å²) in [5.74, 6) is 0.338. The molecular weight excluding hydrogens is 345 g/mol. The lowest BCUT2D eigenvalue weighted by molar-refractivity contribution is -0.137. The van der Waals surface area contributed by atoms with Crippen molar-refractivity contribution in [2.45, 2.75) is 25.6 Å². The summed E-state index contributed by atoms with van der Waals surface area (Å²) >= 11 is 0. The molecule has 0 saturated carbocycles. The second-order valence-corrected chi connectivity index (χ2v) is 7.78. The van der Waals surface area contributed by atoms with E-state index in [9.17, 15) is 21.6 Å². The summed E-state index contributed by atoms with van der Waals surface area (Å²) in [5.41, 5.74) is -0.749. The Morgan fingerprint density at radius 3 is 2.50 bits per heavy atom. The van der Waals surface area contributed by atoms with Crippen LogP contribution in [0.25, 0.3) is 0 Å². The van der Waals surface area contributed by atoms with Gasteiger partial charge in [-0.2, -0.15) is 13.2 Å². The smallest absolute Gasteiger partial charge is 0.416 e. The van der Waals surface area contributed by atoms with E-state index in [1.807, 2.05) is 0 Å². The van der Waals surface area contributed by atoms with Crippen LogP contribution in [0.3, 0.4) is 0 Å². The molecule has 5 nitrogen and oxygen atoms in total. The van der Waals surface area contributed by atoms with E-state index in [0.717, 1.165) is 25.1 Å². The van der Waals surface area contributed by atoms with Crippen molar-refractivity contribution in [3.05, 3.63) is 29.8 Å². The van der Waals surface area contributed by atoms with E-state index in [-0.39, 0.29) is 24.0 Å². The van der Waals surface area contributed by atoms with Gasteiger partial charge in [-0.3, -0.25) is 0 Å². The average Bonchev–Trinajstić information content (AvgIpc) is 3.05. The van der Waals surface area contributed by atoms with Gasteiger partial charge in [-0.05, 0) is 44.2 Å². The van der Waals surface area contributed by atoms with Crippen LogP contribution in [0.4, 0.5) is 13.2 Å². The number of hydrogen-bond donors (Lipinski definition) is 2. The van der Waals surface area contributed by atoms with Crippen LogP contribution in [-0.4, -0.2) is 39.9 Å². The van der Waals surface area contributed by atoms with E-state index < -0.39 is 27.9 Å². The summed E-state index contributed by atoms with van der Waals surface area (Å²) in [6.07, 6.45) is -4.03. The van der Waals surface area contributed by atoms with Gasteiger partial charge in [0.2, 0.25) is 10.0 Å². The van der Waals surface area contributed by atoms with Crippen molar-refractivity contribution in [2.75, 3.05) is 25.4 Å². The third kappa shape index (κ3) is 5.35. The summed E-state index contributed by atoms with van der Waals surface area (Å²) in [4.78, 5) is 0. The fourth-order valence-corrected chi connectivity index (χ4v) is 3.13. The molecule has 24 heavy (non-hydrogen) atoms. The summed E-state index contributed by atoms with van der Waals surface area (Å²) in [6.45, 7) is 3.10. The highest BCUT2D eigenvalue weighted by atomic mass is 32.2. The van der Waals surface area contributed by atoms with Crippen LogP contribution in [0, 0.1) is 5.92 Å². The van der Waals surface area contributed by atoms with Crippen LogP contribution < -0.4 is 14.8 Å². The molecule has 1 aromatic carbocycles. The van der Waals surface area contributed by atoms with Crippen LogP contribution >= 0.6 is 0 Å². The Balaban J connectivity index is 2.07. The molecule has 1 aliphatic rings. The molecule has 2 rings (SSSR count). The largest absolute Gasteiger partial charge is 0.489 e. The van der Waals surface area contributed by atoms with E-state index >= 15 is 0 Å². The van der Waals surface area contributed by atoms with E-state index in [2.05, 4.69) is 10.0 Å². The number of hydrogen-bond acceptors (Lipinski definition) is 4. The molecule has 0 spiro atoms. The molecule has 1 fully saturated rings.